The topological polar surface area (TPSA) is 41.6 Å². The van der Waals surface area contributed by atoms with Crippen molar-refractivity contribution < 1.29 is 9.53 Å². The van der Waals surface area contributed by atoms with E-state index in [1.54, 1.807) is 6.92 Å². The smallest absolute Gasteiger partial charge is 0.219 e. The van der Waals surface area contributed by atoms with Gasteiger partial charge in [0.1, 0.15) is 0 Å². The van der Waals surface area contributed by atoms with E-state index in [9.17, 15) is 4.79 Å². The largest absolute Gasteiger partial charge is 0.364 e. The Bertz CT molecular complexity index is 394. The third-order valence-electron chi connectivity index (χ3n) is 5.47. The number of morpholine rings is 1. The van der Waals surface area contributed by atoms with E-state index in [0.717, 1.165) is 32.5 Å². The summed E-state index contributed by atoms with van der Waals surface area (Å²) >= 11 is 0. The second-order valence-corrected chi connectivity index (χ2v) is 8.20. The van der Waals surface area contributed by atoms with Crippen molar-refractivity contribution in [2.24, 2.45) is 11.3 Å². The number of carbonyl (C=O) groups is 1. The first kappa shape index (κ1) is 16.8. The van der Waals surface area contributed by atoms with Gasteiger partial charge in [-0.25, -0.2) is 0 Å². The van der Waals surface area contributed by atoms with Crippen molar-refractivity contribution in [3.8, 4) is 0 Å². The molecule has 1 unspecified atom stereocenters. The van der Waals surface area contributed by atoms with E-state index >= 15 is 0 Å². The molecule has 0 aliphatic carbocycles. The molecule has 2 saturated heterocycles. The molecule has 122 valence electrons. The summed E-state index contributed by atoms with van der Waals surface area (Å²) in [6.45, 7) is 16.3. The van der Waals surface area contributed by atoms with Crippen LogP contribution in [0.5, 0.6) is 0 Å². The third kappa shape index (κ3) is 2.98. The number of ether oxygens (including phenoxy) is 1. The van der Waals surface area contributed by atoms with Crippen LogP contribution < -0.4 is 5.32 Å². The molecule has 0 aromatic heterocycles. The van der Waals surface area contributed by atoms with Crippen molar-refractivity contribution in [3.63, 3.8) is 0 Å². The maximum atomic E-state index is 12.1. The van der Waals surface area contributed by atoms with Gasteiger partial charge < -0.3 is 15.0 Å². The minimum Gasteiger partial charge on any atom is -0.364 e. The van der Waals surface area contributed by atoms with Gasteiger partial charge in [0.25, 0.3) is 0 Å². The van der Waals surface area contributed by atoms with Crippen LogP contribution in [-0.4, -0.2) is 48.2 Å². The van der Waals surface area contributed by atoms with Crippen LogP contribution in [0.1, 0.15) is 54.4 Å². The summed E-state index contributed by atoms with van der Waals surface area (Å²) in [7, 11) is 0. The van der Waals surface area contributed by atoms with E-state index in [-0.39, 0.29) is 22.5 Å². The van der Waals surface area contributed by atoms with Crippen molar-refractivity contribution in [1.82, 2.24) is 10.2 Å². The molecular weight excluding hydrogens is 264 g/mol. The van der Waals surface area contributed by atoms with Crippen LogP contribution in [-0.2, 0) is 9.53 Å². The highest BCUT2D eigenvalue weighted by Gasteiger charge is 2.56. The molecule has 1 amide bonds. The van der Waals surface area contributed by atoms with Gasteiger partial charge in [-0.3, -0.25) is 4.79 Å². The molecule has 0 aromatic rings. The van der Waals surface area contributed by atoms with Crippen molar-refractivity contribution in [2.75, 3.05) is 26.2 Å². The van der Waals surface area contributed by atoms with E-state index in [4.69, 9.17) is 4.74 Å². The fourth-order valence-electron chi connectivity index (χ4n) is 4.06. The lowest BCUT2D eigenvalue weighted by molar-refractivity contribution is -0.270. The summed E-state index contributed by atoms with van der Waals surface area (Å²) in [5.74, 6) is 0.539. The van der Waals surface area contributed by atoms with E-state index in [2.05, 4.69) is 39.9 Å². The second-order valence-electron chi connectivity index (χ2n) is 8.20. The Hall–Kier alpha value is -0.610. The number of carbonyl (C=O) groups excluding carboxylic acids is 1. The molecule has 4 heteroatoms. The second kappa shape index (κ2) is 5.54. The monoisotopic (exact) mass is 296 g/mol. The standard InChI is InChI=1S/C17H32N2O2/c1-13(2)17(15(4,5)6)12-19(14(3)20)11-16(21-17)7-9-18-10-8-16/h13,18H,7-12H2,1-6H3. The Morgan fingerprint density at radius 1 is 1.19 bits per heavy atom. The van der Waals surface area contributed by atoms with Gasteiger partial charge in [-0.1, -0.05) is 34.6 Å². The number of piperidine rings is 1. The van der Waals surface area contributed by atoms with E-state index < -0.39 is 0 Å². The van der Waals surface area contributed by atoms with Crippen LogP contribution in [0.25, 0.3) is 0 Å². The Kier molecular flexibility index (Phi) is 4.42. The molecule has 2 aliphatic heterocycles. The molecule has 0 saturated carbocycles. The van der Waals surface area contributed by atoms with Crippen LogP contribution in [0.3, 0.4) is 0 Å². The number of nitrogens with one attached hydrogen (secondary N) is 1. The molecule has 2 fully saturated rings. The van der Waals surface area contributed by atoms with Crippen LogP contribution in [0.2, 0.25) is 0 Å². The summed E-state index contributed by atoms with van der Waals surface area (Å²) in [6.07, 6.45) is 1.97. The molecule has 2 rings (SSSR count). The van der Waals surface area contributed by atoms with Crippen molar-refractivity contribution >= 4 is 5.91 Å². The summed E-state index contributed by atoms with van der Waals surface area (Å²) in [6, 6.07) is 0. The minimum absolute atomic E-state index is 0.00678. The van der Waals surface area contributed by atoms with Gasteiger partial charge in [0, 0.05) is 13.5 Å². The van der Waals surface area contributed by atoms with Crippen LogP contribution in [0, 0.1) is 11.3 Å². The number of hydrogen-bond acceptors (Lipinski definition) is 3. The van der Waals surface area contributed by atoms with Crippen molar-refractivity contribution in [3.05, 3.63) is 0 Å². The fraction of sp³-hybridized carbons (Fsp3) is 0.941. The van der Waals surface area contributed by atoms with E-state index in [0.29, 0.717) is 12.5 Å². The van der Waals surface area contributed by atoms with Crippen LogP contribution >= 0.6 is 0 Å². The molecule has 4 nitrogen and oxygen atoms in total. The average molecular weight is 296 g/mol. The Balaban J connectivity index is 2.42. The van der Waals surface area contributed by atoms with Gasteiger partial charge in [-0.15, -0.1) is 0 Å². The molecule has 21 heavy (non-hydrogen) atoms. The molecule has 0 bridgehead atoms. The predicted octanol–water partition coefficient (Wildman–Crippen LogP) is 2.43. The van der Waals surface area contributed by atoms with E-state index in [1.807, 2.05) is 4.90 Å². The van der Waals surface area contributed by atoms with Gasteiger partial charge in [0.05, 0.1) is 17.7 Å². The van der Waals surface area contributed by atoms with Gasteiger partial charge >= 0.3 is 0 Å². The summed E-state index contributed by atoms with van der Waals surface area (Å²) in [5, 5.41) is 3.41. The SMILES string of the molecule is CC(=O)N1CC2(CCNCC2)OC(C(C)C)(C(C)(C)C)C1. The zero-order chi connectivity index (χ0) is 15.9. The number of amides is 1. The first-order valence-electron chi connectivity index (χ1n) is 8.28. The minimum atomic E-state index is -0.283. The lowest BCUT2D eigenvalue weighted by atomic mass is 9.67. The molecule has 0 radical (unpaired) electrons. The molecule has 2 heterocycles. The number of hydrogen-bond donors (Lipinski definition) is 1. The highest BCUT2D eigenvalue weighted by molar-refractivity contribution is 5.73. The number of rotatable bonds is 1. The summed E-state index contributed by atoms with van der Waals surface area (Å²) in [4.78, 5) is 14.1. The summed E-state index contributed by atoms with van der Waals surface area (Å²) < 4.78 is 6.87. The lowest BCUT2D eigenvalue weighted by Crippen LogP contribution is -2.70. The lowest BCUT2D eigenvalue weighted by Gasteiger charge is -2.60. The Labute approximate surface area is 129 Å². The van der Waals surface area contributed by atoms with Crippen molar-refractivity contribution in [1.29, 1.82) is 0 Å². The highest BCUT2D eigenvalue weighted by atomic mass is 16.5. The first-order valence-corrected chi connectivity index (χ1v) is 8.28. The average Bonchev–Trinajstić information content (AvgIpc) is 2.37. The van der Waals surface area contributed by atoms with Gasteiger partial charge in [-0.2, -0.15) is 0 Å². The zero-order valence-electron chi connectivity index (χ0n) is 14.6. The molecule has 2 aliphatic rings. The van der Waals surface area contributed by atoms with Gasteiger partial charge in [0.2, 0.25) is 5.91 Å². The van der Waals surface area contributed by atoms with Gasteiger partial charge in [0.15, 0.2) is 0 Å². The summed E-state index contributed by atoms with van der Waals surface area (Å²) in [5.41, 5.74) is -0.464. The molecule has 1 atom stereocenters. The molecule has 1 spiro atoms. The highest BCUT2D eigenvalue weighted by Crippen LogP contribution is 2.48. The quantitative estimate of drug-likeness (QED) is 0.808. The zero-order valence-corrected chi connectivity index (χ0v) is 14.6. The molecule has 0 aromatic carbocycles. The first-order chi connectivity index (χ1) is 9.62. The number of nitrogens with zero attached hydrogens (tertiary/aromatic N) is 1. The Morgan fingerprint density at radius 2 is 1.76 bits per heavy atom. The van der Waals surface area contributed by atoms with E-state index in [1.165, 1.54) is 0 Å². The fourth-order valence-corrected chi connectivity index (χ4v) is 4.06. The van der Waals surface area contributed by atoms with Crippen LogP contribution in [0.15, 0.2) is 0 Å². The van der Waals surface area contributed by atoms with Gasteiger partial charge in [-0.05, 0) is 37.3 Å². The maximum Gasteiger partial charge on any atom is 0.219 e. The normalized spacial score (nSPS) is 30.0. The Morgan fingerprint density at radius 3 is 2.19 bits per heavy atom. The molecule has 1 N–H and O–H groups in total. The third-order valence-corrected chi connectivity index (χ3v) is 5.47. The van der Waals surface area contributed by atoms with Crippen LogP contribution in [0.4, 0.5) is 0 Å². The van der Waals surface area contributed by atoms with Crippen molar-refractivity contribution in [2.45, 2.75) is 65.6 Å². The molecular formula is C17H32N2O2. The maximum absolute atomic E-state index is 12.1. The predicted molar refractivity (Wildman–Crippen MR) is 85.2 cm³/mol.